The average Bonchev–Trinajstić information content (AvgIpc) is 2.05. The van der Waals surface area contributed by atoms with E-state index in [0.717, 1.165) is 17.9 Å². The second kappa shape index (κ2) is 4.88. The van der Waals surface area contributed by atoms with E-state index in [2.05, 4.69) is 0 Å². The van der Waals surface area contributed by atoms with E-state index in [1.54, 1.807) is 6.07 Å². The summed E-state index contributed by atoms with van der Waals surface area (Å²) in [5.74, 6) is 1.43. The second-order valence-corrected chi connectivity index (χ2v) is 2.84. The number of alkyl halides is 1. The standard InChI is InChI=1S/C9H12ClNO/c10-5-2-6-12-9-4-1-3-8(11)7-9/h1,3-4,7H,2,5-6,11H2. The van der Waals surface area contributed by atoms with Gasteiger partial charge in [0.15, 0.2) is 0 Å². The van der Waals surface area contributed by atoms with Crippen molar-refractivity contribution in [2.75, 3.05) is 18.2 Å². The van der Waals surface area contributed by atoms with Crippen molar-refractivity contribution >= 4 is 17.3 Å². The molecule has 0 saturated carbocycles. The van der Waals surface area contributed by atoms with Crippen molar-refractivity contribution in [3.63, 3.8) is 0 Å². The molecule has 12 heavy (non-hydrogen) atoms. The van der Waals surface area contributed by atoms with Gasteiger partial charge in [0.25, 0.3) is 0 Å². The first-order valence-corrected chi connectivity index (χ1v) is 4.40. The molecule has 1 aromatic rings. The molecule has 0 atom stereocenters. The van der Waals surface area contributed by atoms with Gasteiger partial charge < -0.3 is 10.5 Å². The van der Waals surface area contributed by atoms with Crippen LogP contribution in [-0.4, -0.2) is 12.5 Å². The lowest BCUT2D eigenvalue weighted by molar-refractivity contribution is 0.318. The van der Waals surface area contributed by atoms with E-state index in [4.69, 9.17) is 22.1 Å². The summed E-state index contributed by atoms with van der Waals surface area (Å²) in [5, 5.41) is 0. The molecule has 1 aromatic carbocycles. The molecule has 0 bridgehead atoms. The first-order valence-electron chi connectivity index (χ1n) is 3.87. The number of hydrogen-bond acceptors (Lipinski definition) is 2. The smallest absolute Gasteiger partial charge is 0.121 e. The highest BCUT2D eigenvalue weighted by molar-refractivity contribution is 6.17. The van der Waals surface area contributed by atoms with Crippen LogP contribution in [0.25, 0.3) is 0 Å². The predicted octanol–water partition coefficient (Wildman–Crippen LogP) is 2.28. The molecular formula is C9H12ClNO. The maximum Gasteiger partial charge on any atom is 0.121 e. The van der Waals surface area contributed by atoms with Crippen molar-refractivity contribution in [2.24, 2.45) is 0 Å². The van der Waals surface area contributed by atoms with Crippen molar-refractivity contribution in [1.29, 1.82) is 0 Å². The summed E-state index contributed by atoms with van der Waals surface area (Å²) in [7, 11) is 0. The van der Waals surface area contributed by atoms with Crippen molar-refractivity contribution in [1.82, 2.24) is 0 Å². The van der Waals surface area contributed by atoms with E-state index in [-0.39, 0.29) is 0 Å². The molecule has 0 aliphatic rings. The number of hydrogen-bond donors (Lipinski definition) is 1. The lowest BCUT2D eigenvalue weighted by atomic mass is 10.3. The van der Waals surface area contributed by atoms with Crippen LogP contribution in [0.4, 0.5) is 5.69 Å². The van der Waals surface area contributed by atoms with Crippen molar-refractivity contribution in [3.8, 4) is 5.75 Å². The van der Waals surface area contributed by atoms with Gasteiger partial charge in [0.2, 0.25) is 0 Å². The van der Waals surface area contributed by atoms with Gasteiger partial charge in [-0.3, -0.25) is 0 Å². The molecule has 0 aliphatic carbocycles. The van der Waals surface area contributed by atoms with Crippen LogP contribution in [0.2, 0.25) is 0 Å². The Balaban J connectivity index is 2.41. The molecule has 0 unspecified atom stereocenters. The number of ether oxygens (including phenoxy) is 1. The zero-order valence-electron chi connectivity index (χ0n) is 6.79. The summed E-state index contributed by atoms with van der Waals surface area (Å²) in [6, 6.07) is 7.37. The lowest BCUT2D eigenvalue weighted by Gasteiger charge is -2.04. The molecule has 0 amide bonds. The van der Waals surface area contributed by atoms with Crippen LogP contribution in [0, 0.1) is 0 Å². The third-order valence-corrected chi connectivity index (χ3v) is 1.67. The summed E-state index contributed by atoms with van der Waals surface area (Å²) >= 11 is 5.49. The van der Waals surface area contributed by atoms with Crippen LogP contribution in [0.3, 0.4) is 0 Å². The van der Waals surface area contributed by atoms with Gasteiger partial charge in [-0.05, 0) is 18.6 Å². The Morgan fingerprint density at radius 3 is 2.92 bits per heavy atom. The van der Waals surface area contributed by atoms with Crippen molar-refractivity contribution in [2.45, 2.75) is 6.42 Å². The minimum atomic E-state index is 0.627. The molecule has 3 heteroatoms. The van der Waals surface area contributed by atoms with Gasteiger partial charge in [-0.2, -0.15) is 0 Å². The number of benzene rings is 1. The Hall–Kier alpha value is -0.890. The monoisotopic (exact) mass is 185 g/mol. The molecular weight excluding hydrogens is 174 g/mol. The van der Waals surface area contributed by atoms with E-state index in [1.807, 2.05) is 18.2 Å². The summed E-state index contributed by atoms with van der Waals surface area (Å²) in [6.45, 7) is 0.646. The minimum absolute atomic E-state index is 0.627. The van der Waals surface area contributed by atoms with Gasteiger partial charge in [0.1, 0.15) is 5.75 Å². The Kier molecular flexibility index (Phi) is 3.74. The molecule has 0 saturated heterocycles. The van der Waals surface area contributed by atoms with E-state index in [1.165, 1.54) is 0 Å². The molecule has 66 valence electrons. The first-order chi connectivity index (χ1) is 5.83. The van der Waals surface area contributed by atoms with Crippen molar-refractivity contribution < 1.29 is 4.74 Å². The highest BCUT2D eigenvalue weighted by atomic mass is 35.5. The average molecular weight is 186 g/mol. The molecule has 0 heterocycles. The summed E-state index contributed by atoms with van der Waals surface area (Å²) < 4.78 is 5.36. The molecule has 1 rings (SSSR count). The van der Waals surface area contributed by atoms with Gasteiger partial charge in [-0.15, -0.1) is 11.6 Å². The number of nitrogen functional groups attached to an aromatic ring is 1. The maximum atomic E-state index is 5.56. The molecule has 0 aromatic heterocycles. The van der Waals surface area contributed by atoms with E-state index < -0.39 is 0 Å². The van der Waals surface area contributed by atoms with Crippen LogP contribution < -0.4 is 10.5 Å². The van der Waals surface area contributed by atoms with Gasteiger partial charge in [-0.1, -0.05) is 6.07 Å². The van der Waals surface area contributed by atoms with Gasteiger partial charge in [-0.25, -0.2) is 0 Å². The fourth-order valence-electron chi connectivity index (χ4n) is 0.849. The van der Waals surface area contributed by atoms with Crippen LogP contribution in [0.1, 0.15) is 6.42 Å². The van der Waals surface area contributed by atoms with E-state index in [0.29, 0.717) is 12.5 Å². The molecule has 0 radical (unpaired) electrons. The van der Waals surface area contributed by atoms with Gasteiger partial charge in [0.05, 0.1) is 6.61 Å². The molecule has 2 N–H and O–H groups in total. The van der Waals surface area contributed by atoms with E-state index >= 15 is 0 Å². The van der Waals surface area contributed by atoms with Crippen LogP contribution in [0.5, 0.6) is 5.75 Å². The third kappa shape index (κ3) is 3.01. The van der Waals surface area contributed by atoms with Crippen LogP contribution >= 0.6 is 11.6 Å². The number of anilines is 1. The van der Waals surface area contributed by atoms with Gasteiger partial charge >= 0.3 is 0 Å². The van der Waals surface area contributed by atoms with E-state index in [9.17, 15) is 0 Å². The van der Waals surface area contributed by atoms with Gasteiger partial charge in [0, 0.05) is 17.6 Å². The SMILES string of the molecule is Nc1cccc(OCCCCl)c1. The molecule has 0 aliphatic heterocycles. The third-order valence-electron chi connectivity index (χ3n) is 1.40. The topological polar surface area (TPSA) is 35.2 Å². The highest BCUT2D eigenvalue weighted by Crippen LogP contribution is 2.14. The fourth-order valence-corrected chi connectivity index (χ4v) is 0.958. The maximum absolute atomic E-state index is 5.56. The second-order valence-electron chi connectivity index (χ2n) is 2.46. The molecule has 0 spiro atoms. The largest absolute Gasteiger partial charge is 0.493 e. The first kappa shape index (κ1) is 9.20. The van der Waals surface area contributed by atoms with Crippen LogP contribution in [0.15, 0.2) is 24.3 Å². The fraction of sp³-hybridized carbons (Fsp3) is 0.333. The summed E-state index contributed by atoms with van der Waals surface area (Å²) in [6.07, 6.45) is 0.857. The molecule has 0 fully saturated rings. The quantitative estimate of drug-likeness (QED) is 0.444. The Bertz CT molecular complexity index is 240. The normalized spacial score (nSPS) is 9.75. The summed E-state index contributed by atoms with van der Waals surface area (Å²) in [5.41, 5.74) is 6.28. The Morgan fingerprint density at radius 1 is 1.42 bits per heavy atom. The van der Waals surface area contributed by atoms with Crippen LogP contribution in [-0.2, 0) is 0 Å². The molecule has 2 nitrogen and oxygen atoms in total. The minimum Gasteiger partial charge on any atom is -0.493 e. The zero-order valence-corrected chi connectivity index (χ0v) is 7.55. The summed E-state index contributed by atoms with van der Waals surface area (Å²) in [4.78, 5) is 0. The Labute approximate surface area is 77.3 Å². The number of halogens is 1. The Morgan fingerprint density at radius 2 is 2.25 bits per heavy atom. The number of nitrogens with two attached hydrogens (primary N) is 1. The van der Waals surface area contributed by atoms with Crippen molar-refractivity contribution in [3.05, 3.63) is 24.3 Å². The lowest BCUT2D eigenvalue weighted by Crippen LogP contribution is -1.98. The zero-order chi connectivity index (χ0) is 8.81. The number of rotatable bonds is 4. The predicted molar refractivity (Wildman–Crippen MR) is 51.7 cm³/mol. The highest BCUT2D eigenvalue weighted by Gasteiger charge is 1.92.